The lowest BCUT2D eigenvalue weighted by Gasteiger charge is -2.09. The molecule has 16 heavy (non-hydrogen) atoms. The van der Waals surface area contributed by atoms with Crippen LogP contribution in [-0.4, -0.2) is 19.0 Å². The smallest absolute Gasteiger partial charge is 0.240 e. The van der Waals surface area contributed by atoms with Gasteiger partial charge in [-0.25, -0.2) is 0 Å². The molecule has 1 rings (SSSR count). The Hall–Kier alpha value is -1.54. The van der Waals surface area contributed by atoms with Gasteiger partial charge in [0.15, 0.2) is 0 Å². The Kier molecular flexibility index (Phi) is 4.80. The van der Waals surface area contributed by atoms with E-state index in [1.54, 1.807) is 0 Å². The summed E-state index contributed by atoms with van der Waals surface area (Å²) in [5, 5.41) is 13.8. The first-order valence-corrected chi connectivity index (χ1v) is 5.56. The summed E-state index contributed by atoms with van der Waals surface area (Å²) in [5.74, 6) is -0.191. The molecule has 0 saturated carbocycles. The minimum atomic E-state index is -0.191. The maximum atomic E-state index is 11.2. The lowest BCUT2D eigenvalue weighted by molar-refractivity contribution is -0.119. The summed E-state index contributed by atoms with van der Waals surface area (Å²) in [6.07, 6.45) is 0. The predicted octanol–water partition coefficient (Wildman–Crippen LogP) is 1.81. The van der Waals surface area contributed by atoms with Crippen LogP contribution in [0.25, 0.3) is 0 Å². The van der Waals surface area contributed by atoms with Gasteiger partial charge in [-0.2, -0.15) is 5.26 Å². The molecular weight excluding hydrogens is 270 g/mol. The van der Waals surface area contributed by atoms with Crippen molar-refractivity contribution in [1.29, 1.82) is 5.26 Å². The number of anilines is 1. The zero-order valence-electron chi connectivity index (χ0n) is 8.88. The summed E-state index contributed by atoms with van der Waals surface area (Å²) in [7, 11) is 0. The number of carbonyl (C=O) groups is 1. The number of nitrogens with zero attached hydrogens (tertiary/aromatic N) is 1. The standard InChI is InChI=1S/C11H12BrN3O/c1-8-6-9(12)2-3-10(8)15-7-11(16)14-5-4-13/h2-3,6,15H,5,7H2,1H3,(H,14,16). The van der Waals surface area contributed by atoms with E-state index < -0.39 is 0 Å². The Bertz CT molecular complexity index is 426. The first kappa shape index (κ1) is 12.5. The summed E-state index contributed by atoms with van der Waals surface area (Å²) in [6.45, 7) is 2.17. The van der Waals surface area contributed by atoms with Crippen LogP contribution in [-0.2, 0) is 4.79 Å². The van der Waals surface area contributed by atoms with Crippen LogP contribution in [0.1, 0.15) is 5.56 Å². The maximum Gasteiger partial charge on any atom is 0.240 e. The van der Waals surface area contributed by atoms with E-state index in [0.29, 0.717) is 0 Å². The second kappa shape index (κ2) is 6.13. The fourth-order valence-corrected chi connectivity index (χ4v) is 1.68. The zero-order valence-corrected chi connectivity index (χ0v) is 10.5. The molecule has 1 aromatic rings. The van der Waals surface area contributed by atoms with Crippen molar-refractivity contribution in [3.63, 3.8) is 0 Å². The minimum absolute atomic E-state index is 0.0415. The molecule has 0 aromatic heterocycles. The molecule has 5 heteroatoms. The SMILES string of the molecule is Cc1cc(Br)ccc1NCC(=O)NCC#N. The van der Waals surface area contributed by atoms with Gasteiger partial charge in [0.1, 0.15) is 6.54 Å². The number of aryl methyl sites for hydroxylation is 1. The lowest BCUT2D eigenvalue weighted by Crippen LogP contribution is -2.30. The van der Waals surface area contributed by atoms with E-state index in [0.717, 1.165) is 15.7 Å². The molecule has 4 nitrogen and oxygen atoms in total. The normalized spacial score (nSPS) is 9.31. The van der Waals surface area contributed by atoms with E-state index in [9.17, 15) is 4.79 Å². The largest absolute Gasteiger partial charge is 0.376 e. The molecule has 0 spiro atoms. The van der Waals surface area contributed by atoms with Gasteiger partial charge in [-0.1, -0.05) is 15.9 Å². The Labute approximate surface area is 103 Å². The molecule has 1 amide bonds. The number of hydrogen-bond donors (Lipinski definition) is 2. The highest BCUT2D eigenvalue weighted by atomic mass is 79.9. The summed E-state index contributed by atoms with van der Waals surface area (Å²) < 4.78 is 1.00. The van der Waals surface area contributed by atoms with Crippen molar-refractivity contribution >= 4 is 27.5 Å². The Balaban J connectivity index is 2.49. The summed E-state index contributed by atoms with van der Waals surface area (Å²) in [5.41, 5.74) is 1.97. The van der Waals surface area contributed by atoms with Crippen LogP contribution in [0.2, 0.25) is 0 Å². The van der Waals surface area contributed by atoms with Crippen molar-refractivity contribution in [3.05, 3.63) is 28.2 Å². The highest BCUT2D eigenvalue weighted by molar-refractivity contribution is 9.10. The molecule has 0 bridgehead atoms. The highest BCUT2D eigenvalue weighted by Crippen LogP contribution is 2.19. The third-order valence-corrected chi connectivity index (χ3v) is 2.49. The lowest BCUT2D eigenvalue weighted by atomic mass is 10.2. The van der Waals surface area contributed by atoms with Crippen molar-refractivity contribution in [2.24, 2.45) is 0 Å². The number of amides is 1. The number of carbonyl (C=O) groups excluding carboxylic acids is 1. The van der Waals surface area contributed by atoms with Crippen LogP contribution in [0, 0.1) is 18.3 Å². The molecule has 1 aromatic carbocycles. The van der Waals surface area contributed by atoms with Crippen LogP contribution in [0.4, 0.5) is 5.69 Å². The van der Waals surface area contributed by atoms with E-state index in [1.165, 1.54) is 0 Å². The average Bonchev–Trinajstić information content (AvgIpc) is 2.25. The molecular formula is C11H12BrN3O. The van der Waals surface area contributed by atoms with Crippen LogP contribution in [0.15, 0.2) is 22.7 Å². The first-order chi connectivity index (χ1) is 7.63. The molecule has 0 unspecified atom stereocenters. The van der Waals surface area contributed by atoms with Crippen molar-refractivity contribution in [2.45, 2.75) is 6.92 Å². The third-order valence-electron chi connectivity index (χ3n) is 1.99. The number of hydrogen-bond acceptors (Lipinski definition) is 3. The molecule has 0 aliphatic rings. The summed E-state index contributed by atoms with van der Waals surface area (Å²) in [6, 6.07) is 7.62. The van der Waals surface area contributed by atoms with Crippen LogP contribution in [0.5, 0.6) is 0 Å². The van der Waals surface area contributed by atoms with E-state index in [-0.39, 0.29) is 19.0 Å². The van der Waals surface area contributed by atoms with Crippen LogP contribution < -0.4 is 10.6 Å². The molecule has 0 saturated heterocycles. The topological polar surface area (TPSA) is 64.9 Å². The van der Waals surface area contributed by atoms with Gasteiger partial charge in [-0.3, -0.25) is 4.79 Å². The second-order valence-corrected chi connectivity index (χ2v) is 4.16. The van der Waals surface area contributed by atoms with E-state index in [4.69, 9.17) is 5.26 Å². The molecule has 0 aliphatic carbocycles. The average molecular weight is 282 g/mol. The molecule has 0 fully saturated rings. The summed E-state index contributed by atoms with van der Waals surface area (Å²) in [4.78, 5) is 11.2. The maximum absolute atomic E-state index is 11.2. The number of nitriles is 1. The Morgan fingerprint density at radius 1 is 1.56 bits per heavy atom. The minimum Gasteiger partial charge on any atom is -0.376 e. The molecule has 0 atom stereocenters. The van der Waals surface area contributed by atoms with Crippen molar-refractivity contribution < 1.29 is 4.79 Å². The van der Waals surface area contributed by atoms with Gasteiger partial charge >= 0.3 is 0 Å². The van der Waals surface area contributed by atoms with Gasteiger partial charge in [-0.05, 0) is 30.7 Å². The van der Waals surface area contributed by atoms with Gasteiger partial charge in [-0.15, -0.1) is 0 Å². The quantitative estimate of drug-likeness (QED) is 0.828. The highest BCUT2D eigenvalue weighted by Gasteiger charge is 2.02. The fraction of sp³-hybridized carbons (Fsp3) is 0.273. The van der Waals surface area contributed by atoms with Crippen molar-refractivity contribution in [3.8, 4) is 6.07 Å². The Morgan fingerprint density at radius 2 is 2.31 bits per heavy atom. The molecule has 84 valence electrons. The number of halogens is 1. The molecule has 0 radical (unpaired) electrons. The van der Waals surface area contributed by atoms with Gasteiger partial charge < -0.3 is 10.6 Å². The van der Waals surface area contributed by atoms with E-state index in [2.05, 4.69) is 26.6 Å². The van der Waals surface area contributed by atoms with E-state index >= 15 is 0 Å². The third kappa shape index (κ3) is 3.91. The Morgan fingerprint density at radius 3 is 2.94 bits per heavy atom. The van der Waals surface area contributed by atoms with Crippen molar-refractivity contribution in [2.75, 3.05) is 18.4 Å². The van der Waals surface area contributed by atoms with Crippen LogP contribution >= 0.6 is 15.9 Å². The zero-order chi connectivity index (χ0) is 12.0. The van der Waals surface area contributed by atoms with Gasteiger partial charge in [0.25, 0.3) is 0 Å². The second-order valence-electron chi connectivity index (χ2n) is 3.25. The van der Waals surface area contributed by atoms with Crippen LogP contribution in [0.3, 0.4) is 0 Å². The van der Waals surface area contributed by atoms with Crippen molar-refractivity contribution in [1.82, 2.24) is 5.32 Å². The number of rotatable bonds is 4. The van der Waals surface area contributed by atoms with Gasteiger partial charge in [0.05, 0.1) is 12.6 Å². The summed E-state index contributed by atoms with van der Waals surface area (Å²) >= 11 is 3.37. The monoisotopic (exact) mass is 281 g/mol. The van der Waals surface area contributed by atoms with E-state index in [1.807, 2.05) is 31.2 Å². The fourth-order valence-electron chi connectivity index (χ4n) is 1.20. The van der Waals surface area contributed by atoms with Gasteiger partial charge in [0.2, 0.25) is 5.91 Å². The number of benzene rings is 1. The molecule has 2 N–H and O–H groups in total. The number of nitrogens with one attached hydrogen (secondary N) is 2. The van der Waals surface area contributed by atoms with Gasteiger partial charge in [0, 0.05) is 10.2 Å². The molecule has 0 aliphatic heterocycles. The first-order valence-electron chi connectivity index (χ1n) is 4.77. The molecule has 0 heterocycles. The predicted molar refractivity (Wildman–Crippen MR) is 66.0 cm³/mol.